The van der Waals surface area contributed by atoms with Gasteiger partial charge < -0.3 is 19.5 Å². The molecule has 3 rings (SSSR count). The Labute approximate surface area is 204 Å². The van der Waals surface area contributed by atoms with E-state index >= 15 is 0 Å². The minimum Gasteiger partial charge on any atom is -0.486 e. The van der Waals surface area contributed by atoms with Crippen molar-refractivity contribution < 1.29 is 14.6 Å². The predicted molar refractivity (Wildman–Crippen MR) is 140 cm³/mol. The maximum Gasteiger partial charge on any atom is 0.161 e. The van der Waals surface area contributed by atoms with Crippen LogP contribution in [0.4, 0.5) is 0 Å². The molecule has 0 spiro atoms. The molecule has 1 unspecified atom stereocenters. The van der Waals surface area contributed by atoms with Gasteiger partial charge >= 0.3 is 0 Å². The minimum atomic E-state index is -0.296. The molecule has 0 aliphatic carbocycles. The zero-order valence-electron chi connectivity index (χ0n) is 22.0. The van der Waals surface area contributed by atoms with E-state index in [9.17, 15) is 5.11 Å². The first-order chi connectivity index (χ1) is 16.2. The fourth-order valence-corrected chi connectivity index (χ4v) is 4.20. The van der Waals surface area contributed by atoms with Gasteiger partial charge in [-0.05, 0) is 82.9 Å². The maximum absolute atomic E-state index is 9.19. The highest BCUT2D eigenvalue weighted by molar-refractivity contribution is 5.43. The van der Waals surface area contributed by atoms with E-state index in [0.29, 0.717) is 13.2 Å². The van der Waals surface area contributed by atoms with Gasteiger partial charge in [-0.25, -0.2) is 0 Å². The third-order valence-corrected chi connectivity index (χ3v) is 6.16. The van der Waals surface area contributed by atoms with Crippen molar-refractivity contribution in [1.82, 2.24) is 10.2 Å². The number of benzene rings is 1. The van der Waals surface area contributed by atoms with Crippen molar-refractivity contribution >= 4 is 0 Å². The van der Waals surface area contributed by atoms with E-state index in [0.717, 1.165) is 30.8 Å². The summed E-state index contributed by atoms with van der Waals surface area (Å²) in [5.41, 5.74) is 1.36. The van der Waals surface area contributed by atoms with Crippen LogP contribution in [-0.2, 0) is 6.42 Å². The maximum atomic E-state index is 9.19. The van der Waals surface area contributed by atoms with E-state index in [1.165, 1.54) is 83.0 Å². The standard InChI is InChI=1S/C15H21NO2.C11H25NO.C2H6/c1-2-8-16(7-1)9-3-4-13-5-6-14-15(12-13)18-11-10-17-14;1-3-4-5-6-7-8-9-10-11(13)12-2;1-2/h5-6,12H,1-4,7-11H2;11-13H,3-10H2,1-2H3;1-2H3. The number of hydrogen-bond acceptors (Lipinski definition) is 5. The number of rotatable bonds is 13. The zero-order chi connectivity index (χ0) is 24.2. The summed E-state index contributed by atoms with van der Waals surface area (Å²) in [7, 11) is 1.80. The summed E-state index contributed by atoms with van der Waals surface area (Å²) in [4.78, 5) is 2.57. The third kappa shape index (κ3) is 13.9. The quantitative estimate of drug-likeness (QED) is 0.270. The number of ether oxygens (including phenoxy) is 2. The topological polar surface area (TPSA) is 54.0 Å². The molecule has 0 aromatic heterocycles. The van der Waals surface area contributed by atoms with Gasteiger partial charge in [0.05, 0.1) is 0 Å². The summed E-state index contributed by atoms with van der Waals surface area (Å²) in [5, 5.41) is 12.0. The minimum absolute atomic E-state index is 0.296. The zero-order valence-corrected chi connectivity index (χ0v) is 22.0. The molecule has 33 heavy (non-hydrogen) atoms. The highest BCUT2D eigenvalue weighted by Gasteiger charge is 2.13. The van der Waals surface area contributed by atoms with E-state index in [1.807, 2.05) is 19.9 Å². The number of fused-ring (bicyclic) bond motifs is 1. The van der Waals surface area contributed by atoms with Crippen LogP contribution >= 0.6 is 0 Å². The third-order valence-electron chi connectivity index (χ3n) is 6.16. The smallest absolute Gasteiger partial charge is 0.161 e. The lowest BCUT2D eigenvalue weighted by atomic mass is 10.1. The number of likely N-dealkylation sites (tertiary alicyclic amines) is 1. The molecule has 1 fully saturated rings. The lowest BCUT2D eigenvalue weighted by Gasteiger charge is -2.19. The summed E-state index contributed by atoms with van der Waals surface area (Å²) >= 11 is 0. The van der Waals surface area contributed by atoms with Crippen molar-refractivity contribution in [2.75, 3.05) is 39.9 Å². The second kappa shape index (κ2) is 20.1. The van der Waals surface area contributed by atoms with Gasteiger partial charge in [-0.15, -0.1) is 0 Å². The van der Waals surface area contributed by atoms with Crippen molar-refractivity contribution in [3.05, 3.63) is 23.8 Å². The molecule has 2 aliphatic heterocycles. The summed E-state index contributed by atoms with van der Waals surface area (Å²) < 4.78 is 11.1. The Balaban J connectivity index is 0.000000324. The van der Waals surface area contributed by atoms with Crippen molar-refractivity contribution in [2.24, 2.45) is 0 Å². The highest BCUT2D eigenvalue weighted by atomic mass is 16.6. The van der Waals surface area contributed by atoms with Crippen LogP contribution in [0.25, 0.3) is 0 Å². The molecule has 1 atom stereocenters. The molecule has 5 heteroatoms. The number of nitrogens with one attached hydrogen (secondary N) is 1. The second-order valence-corrected chi connectivity index (χ2v) is 8.84. The monoisotopic (exact) mass is 464 g/mol. The normalized spacial score (nSPS) is 15.8. The first kappa shape index (κ1) is 29.7. The van der Waals surface area contributed by atoms with Gasteiger partial charge in [-0.3, -0.25) is 5.32 Å². The van der Waals surface area contributed by atoms with Crippen LogP contribution in [0.2, 0.25) is 0 Å². The number of unbranched alkanes of at least 4 members (excludes halogenated alkanes) is 6. The summed E-state index contributed by atoms with van der Waals surface area (Å²) in [5.74, 6) is 1.81. The fraction of sp³-hybridized carbons (Fsp3) is 0.786. The molecule has 1 saturated heterocycles. The van der Waals surface area contributed by atoms with Crippen LogP contribution in [0.3, 0.4) is 0 Å². The Morgan fingerprint density at radius 3 is 2.21 bits per heavy atom. The molecule has 0 bridgehead atoms. The van der Waals surface area contributed by atoms with Gasteiger partial charge in [0.25, 0.3) is 0 Å². The summed E-state index contributed by atoms with van der Waals surface area (Å²) in [6.45, 7) is 11.4. The van der Waals surface area contributed by atoms with E-state index in [-0.39, 0.29) is 6.23 Å². The summed E-state index contributed by atoms with van der Waals surface area (Å²) in [6, 6.07) is 6.34. The second-order valence-electron chi connectivity index (χ2n) is 8.84. The molecule has 5 nitrogen and oxygen atoms in total. The average Bonchev–Trinajstić information content (AvgIpc) is 3.38. The van der Waals surface area contributed by atoms with Gasteiger partial charge in [-0.2, -0.15) is 0 Å². The first-order valence-corrected chi connectivity index (χ1v) is 13.7. The average molecular weight is 465 g/mol. The molecule has 0 radical (unpaired) electrons. The molecular weight excluding hydrogens is 412 g/mol. The van der Waals surface area contributed by atoms with Crippen molar-refractivity contribution in [1.29, 1.82) is 0 Å². The molecule has 0 amide bonds. The Morgan fingerprint density at radius 1 is 0.909 bits per heavy atom. The van der Waals surface area contributed by atoms with Crippen LogP contribution in [0, 0.1) is 0 Å². The van der Waals surface area contributed by atoms with Crippen LogP contribution in [0.5, 0.6) is 11.5 Å². The highest BCUT2D eigenvalue weighted by Crippen LogP contribution is 2.31. The Hall–Kier alpha value is -1.30. The predicted octanol–water partition coefficient (Wildman–Crippen LogP) is 6.18. The number of aliphatic hydroxyl groups excluding tert-OH is 1. The summed E-state index contributed by atoms with van der Waals surface area (Å²) in [6.07, 6.45) is 14.9. The fourth-order valence-electron chi connectivity index (χ4n) is 4.20. The molecule has 1 aromatic rings. The molecule has 1 aromatic carbocycles. The molecule has 0 saturated carbocycles. The Morgan fingerprint density at radius 2 is 1.55 bits per heavy atom. The van der Waals surface area contributed by atoms with Gasteiger partial charge in [-0.1, -0.05) is 65.4 Å². The Bertz CT molecular complexity index is 576. The van der Waals surface area contributed by atoms with Gasteiger partial charge in [0.1, 0.15) is 19.4 Å². The van der Waals surface area contributed by atoms with Gasteiger partial charge in [0.15, 0.2) is 11.5 Å². The Kier molecular flexibility index (Phi) is 18.1. The molecular formula is C28H52N2O3. The molecule has 2 aliphatic rings. The number of nitrogens with zero attached hydrogens (tertiary/aromatic N) is 1. The lowest BCUT2D eigenvalue weighted by molar-refractivity contribution is 0.133. The van der Waals surface area contributed by atoms with Gasteiger partial charge in [0.2, 0.25) is 0 Å². The largest absolute Gasteiger partial charge is 0.486 e. The number of aliphatic hydroxyl groups is 1. The van der Waals surface area contributed by atoms with Crippen molar-refractivity contribution in [3.8, 4) is 11.5 Å². The van der Waals surface area contributed by atoms with E-state index < -0.39 is 0 Å². The van der Waals surface area contributed by atoms with Crippen LogP contribution in [0.1, 0.15) is 97.0 Å². The number of hydrogen-bond donors (Lipinski definition) is 2. The van der Waals surface area contributed by atoms with Gasteiger partial charge in [0, 0.05) is 0 Å². The van der Waals surface area contributed by atoms with Crippen LogP contribution < -0.4 is 14.8 Å². The van der Waals surface area contributed by atoms with Crippen LogP contribution in [0.15, 0.2) is 18.2 Å². The van der Waals surface area contributed by atoms with Crippen LogP contribution in [-0.4, -0.2) is 56.1 Å². The van der Waals surface area contributed by atoms with E-state index in [2.05, 4.69) is 29.3 Å². The lowest BCUT2D eigenvalue weighted by Crippen LogP contribution is -2.23. The first-order valence-electron chi connectivity index (χ1n) is 13.7. The number of aryl methyl sites for hydroxylation is 1. The molecule has 192 valence electrons. The van der Waals surface area contributed by atoms with E-state index in [4.69, 9.17) is 9.47 Å². The van der Waals surface area contributed by atoms with E-state index in [1.54, 1.807) is 7.05 Å². The van der Waals surface area contributed by atoms with Crippen molar-refractivity contribution in [2.45, 2.75) is 104 Å². The molecule has 2 heterocycles. The molecule has 2 N–H and O–H groups in total. The van der Waals surface area contributed by atoms with Crippen molar-refractivity contribution in [3.63, 3.8) is 0 Å². The SMILES string of the molecule is CC.CCCCCCCCCC(O)NC.c1cc2c(cc1CCCN1CCCC1)OCCO2.